The lowest BCUT2D eigenvalue weighted by atomic mass is 10.1. The summed E-state index contributed by atoms with van der Waals surface area (Å²) in [7, 11) is -3.56. The highest BCUT2D eigenvalue weighted by Crippen LogP contribution is 2.23. The van der Waals surface area contributed by atoms with Gasteiger partial charge < -0.3 is 10.2 Å². The molecule has 10 heteroatoms. The second-order valence-corrected chi connectivity index (χ2v) is 10.9. The molecule has 1 N–H and O–H groups in total. The summed E-state index contributed by atoms with van der Waals surface area (Å²) in [5.74, 6) is -0.467. The quantitative estimate of drug-likeness (QED) is 0.448. The number of rotatable bonds is 11. The van der Waals surface area contributed by atoms with E-state index in [1.54, 1.807) is 31.2 Å². The van der Waals surface area contributed by atoms with Gasteiger partial charge in [-0.3, -0.25) is 13.9 Å². The Labute approximate surface area is 209 Å². The molecule has 2 rings (SSSR count). The first-order chi connectivity index (χ1) is 15.5. The predicted octanol–water partition coefficient (Wildman–Crippen LogP) is 4.20. The third-order valence-corrected chi connectivity index (χ3v) is 6.93. The van der Waals surface area contributed by atoms with Crippen molar-refractivity contribution in [1.82, 2.24) is 10.2 Å². The van der Waals surface area contributed by atoms with Crippen molar-refractivity contribution < 1.29 is 18.0 Å². The molecule has 0 aliphatic carbocycles. The summed E-state index contributed by atoms with van der Waals surface area (Å²) in [5, 5.41) is 3.18. The van der Waals surface area contributed by atoms with Gasteiger partial charge in [0.25, 0.3) is 0 Å². The largest absolute Gasteiger partial charge is 0.355 e. The Bertz CT molecular complexity index is 1080. The maximum absolute atomic E-state index is 13.1. The molecule has 0 saturated heterocycles. The third kappa shape index (κ3) is 8.32. The molecular formula is C23H29BrClN3O4S. The van der Waals surface area contributed by atoms with Gasteiger partial charge in [0.1, 0.15) is 6.04 Å². The van der Waals surface area contributed by atoms with E-state index < -0.39 is 16.1 Å². The van der Waals surface area contributed by atoms with Crippen LogP contribution in [-0.2, 0) is 26.2 Å². The van der Waals surface area contributed by atoms with E-state index in [0.717, 1.165) is 16.3 Å². The fourth-order valence-electron chi connectivity index (χ4n) is 3.37. The van der Waals surface area contributed by atoms with Gasteiger partial charge in [0.15, 0.2) is 0 Å². The number of sulfonamides is 1. The first-order valence-corrected chi connectivity index (χ1v) is 13.6. The van der Waals surface area contributed by atoms with Crippen molar-refractivity contribution in [2.24, 2.45) is 0 Å². The van der Waals surface area contributed by atoms with Crippen LogP contribution in [0.5, 0.6) is 0 Å². The monoisotopic (exact) mass is 557 g/mol. The summed E-state index contributed by atoms with van der Waals surface area (Å²) < 4.78 is 26.8. The molecule has 180 valence electrons. The maximum atomic E-state index is 13.1. The van der Waals surface area contributed by atoms with Crippen molar-refractivity contribution >= 4 is 55.1 Å². The van der Waals surface area contributed by atoms with Crippen molar-refractivity contribution in [2.45, 2.75) is 39.3 Å². The first kappa shape index (κ1) is 27.1. The van der Waals surface area contributed by atoms with Crippen LogP contribution in [-0.4, -0.2) is 50.5 Å². The molecule has 2 aromatic carbocycles. The Morgan fingerprint density at radius 2 is 1.85 bits per heavy atom. The smallest absolute Gasteiger partial charge is 0.242 e. The van der Waals surface area contributed by atoms with Crippen LogP contribution in [0, 0.1) is 0 Å². The molecule has 2 aromatic rings. The highest BCUT2D eigenvalue weighted by molar-refractivity contribution is 9.10. The molecule has 0 bridgehead atoms. The van der Waals surface area contributed by atoms with Crippen molar-refractivity contribution in [1.29, 1.82) is 0 Å². The minimum Gasteiger partial charge on any atom is -0.355 e. The van der Waals surface area contributed by atoms with E-state index in [-0.39, 0.29) is 37.7 Å². The topological polar surface area (TPSA) is 86.8 Å². The SMILES string of the molecule is CCNC(=O)C(C)N(Cc1cccc(Br)c1)C(=O)CCCN(c1cccc(Cl)c1)S(C)(=O)=O. The molecule has 0 fully saturated rings. The van der Waals surface area contributed by atoms with E-state index in [1.807, 2.05) is 31.2 Å². The molecule has 33 heavy (non-hydrogen) atoms. The molecule has 0 aromatic heterocycles. The molecule has 0 aliphatic rings. The molecular weight excluding hydrogens is 530 g/mol. The van der Waals surface area contributed by atoms with Crippen molar-refractivity contribution in [2.75, 3.05) is 23.7 Å². The van der Waals surface area contributed by atoms with Gasteiger partial charge in [-0.15, -0.1) is 0 Å². The zero-order chi connectivity index (χ0) is 24.6. The van der Waals surface area contributed by atoms with Crippen LogP contribution >= 0.6 is 27.5 Å². The van der Waals surface area contributed by atoms with Crippen LogP contribution in [0.3, 0.4) is 0 Å². The van der Waals surface area contributed by atoms with Crippen LogP contribution in [0.4, 0.5) is 5.69 Å². The Morgan fingerprint density at radius 1 is 1.15 bits per heavy atom. The summed E-state index contributed by atoms with van der Waals surface area (Å²) in [6, 6.07) is 13.4. The van der Waals surface area contributed by atoms with Crippen molar-refractivity contribution in [3.63, 3.8) is 0 Å². The maximum Gasteiger partial charge on any atom is 0.242 e. The number of halogens is 2. The Kier molecular flexibility index (Phi) is 10.2. The van der Waals surface area contributed by atoms with Gasteiger partial charge in [-0.2, -0.15) is 0 Å². The van der Waals surface area contributed by atoms with Crippen molar-refractivity contribution in [3.05, 3.63) is 63.6 Å². The molecule has 0 heterocycles. The Balaban J connectivity index is 2.15. The van der Waals surface area contributed by atoms with Gasteiger partial charge in [-0.1, -0.05) is 45.7 Å². The summed E-state index contributed by atoms with van der Waals surface area (Å²) >= 11 is 9.45. The molecule has 7 nitrogen and oxygen atoms in total. The summed E-state index contributed by atoms with van der Waals surface area (Å²) in [4.78, 5) is 27.1. The number of hydrogen-bond donors (Lipinski definition) is 1. The summed E-state index contributed by atoms with van der Waals surface area (Å²) in [6.07, 6.45) is 1.49. The lowest BCUT2D eigenvalue weighted by Crippen LogP contribution is -2.47. The number of carbonyl (C=O) groups excluding carboxylic acids is 2. The van der Waals surface area contributed by atoms with Gasteiger partial charge in [0.2, 0.25) is 21.8 Å². The van der Waals surface area contributed by atoms with Gasteiger partial charge in [0.05, 0.1) is 11.9 Å². The van der Waals surface area contributed by atoms with E-state index >= 15 is 0 Å². The number of nitrogens with zero attached hydrogens (tertiary/aromatic N) is 2. The van der Waals surface area contributed by atoms with Gasteiger partial charge in [-0.05, 0) is 56.2 Å². The first-order valence-electron chi connectivity index (χ1n) is 10.6. The van der Waals surface area contributed by atoms with Gasteiger partial charge >= 0.3 is 0 Å². The number of anilines is 1. The van der Waals surface area contributed by atoms with Crippen LogP contribution in [0.1, 0.15) is 32.3 Å². The summed E-state index contributed by atoms with van der Waals surface area (Å²) in [5.41, 5.74) is 1.32. The average Bonchev–Trinajstić information content (AvgIpc) is 2.73. The highest BCUT2D eigenvalue weighted by Gasteiger charge is 2.26. The lowest BCUT2D eigenvalue weighted by molar-refractivity contribution is -0.140. The van der Waals surface area contributed by atoms with Crippen molar-refractivity contribution in [3.8, 4) is 0 Å². The van der Waals surface area contributed by atoms with Crippen LogP contribution in [0.25, 0.3) is 0 Å². The number of nitrogens with one attached hydrogen (secondary N) is 1. The second-order valence-electron chi connectivity index (χ2n) is 7.64. The standard InChI is InChI=1S/C23H29BrClN3O4S/c1-4-26-23(30)17(2)27(16-18-8-5-9-19(24)14-18)22(29)12-7-13-28(33(3,31)32)21-11-6-10-20(25)15-21/h5-6,8-11,14-15,17H,4,7,12-13,16H2,1-3H3,(H,26,30). The minimum atomic E-state index is -3.56. The second kappa shape index (κ2) is 12.4. The fraction of sp³-hybridized carbons (Fsp3) is 0.391. The molecule has 0 saturated carbocycles. The van der Waals surface area contributed by atoms with E-state index in [2.05, 4.69) is 21.2 Å². The van der Waals surface area contributed by atoms with Gasteiger partial charge in [-0.25, -0.2) is 8.42 Å². The van der Waals surface area contributed by atoms with Crippen LogP contribution in [0.2, 0.25) is 5.02 Å². The van der Waals surface area contributed by atoms with E-state index in [4.69, 9.17) is 11.6 Å². The number of carbonyl (C=O) groups is 2. The Morgan fingerprint density at radius 3 is 2.45 bits per heavy atom. The third-order valence-electron chi connectivity index (χ3n) is 5.01. The molecule has 0 aliphatic heterocycles. The average molecular weight is 559 g/mol. The van der Waals surface area contributed by atoms with Crippen LogP contribution < -0.4 is 9.62 Å². The Hall–Kier alpha value is -2.10. The molecule has 0 spiro atoms. The zero-order valence-electron chi connectivity index (χ0n) is 18.9. The molecule has 2 amide bonds. The highest BCUT2D eigenvalue weighted by atomic mass is 79.9. The normalized spacial score (nSPS) is 12.2. The minimum absolute atomic E-state index is 0.0876. The number of hydrogen-bond acceptors (Lipinski definition) is 4. The summed E-state index contributed by atoms with van der Waals surface area (Å²) in [6.45, 7) is 4.35. The lowest BCUT2D eigenvalue weighted by Gasteiger charge is -2.29. The zero-order valence-corrected chi connectivity index (χ0v) is 22.1. The predicted molar refractivity (Wildman–Crippen MR) is 136 cm³/mol. The van der Waals surface area contributed by atoms with Crippen LogP contribution in [0.15, 0.2) is 53.0 Å². The van der Waals surface area contributed by atoms with E-state index in [1.165, 1.54) is 9.21 Å². The fourth-order valence-corrected chi connectivity index (χ4v) is 4.96. The van der Waals surface area contributed by atoms with Gasteiger partial charge in [0, 0.05) is 35.6 Å². The van der Waals surface area contributed by atoms with E-state index in [0.29, 0.717) is 17.3 Å². The number of amides is 2. The molecule has 1 atom stereocenters. The van der Waals surface area contributed by atoms with E-state index in [9.17, 15) is 18.0 Å². The molecule has 1 unspecified atom stereocenters. The number of benzene rings is 2. The number of likely N-dealkylation sites (N-methyl/N-ethyl adjacent to an activating group) is 1. The molecule has 0 radical (unpaired) electrons.